The summed E-state index contributed by atoms with van der Waals surface area (Å²) in [5, 5.41) is 0.674. The first kappa shape index (κ1) is 19.9. The molecule has 4 atom stereocenters. The van der Waals surface area contributed by atoms with Gasteiger partial charge in [0.1, 0.15) is 0 Å². The first-order valence-electron chi connectivity index (χ1n) is 9.62. The van der Waals surface area contributed by atoms with Crippen molar-refractivity contribution in [1.29, 1.82) is 0 Å². The van der Waals surface area contributed by atoms with E-state index in [0.29, 0.717) is 37.1 Å². The molecule has 0 bridgehead atoms. The molecule has 2 fully saturated rings. The van der Waals surface area contributed by atoms with Crippen LogP contribution in [0.5, 0.6) is 0 Å². The highest BCUT2D eigenvalue weighted by Gasteiger charge is 2.50. The summed E-state index contributed by atoms with van der Waals surface area (Å²) in [6, 6.07) is 17.6. The van der Waals surface area contributed by atoms with E-state index in [1.54, 1.807) is 0 Å². The lowest BCUT2D eigenvalue weighted by atomic mass is 10.1. The second-order valence-electron chi connectivity index (χ2n) is 7.65. The Morgan fingerprint density at radius 3 is 2.71 bits per heavy atom. The predicted molar refractivity (Wildman–Crippen MR) is 110 cm³/mol. The predicted octanol–water partition coefficient (Wildman–Crippen LogP) is 3.57. The van der Waals surface area contributed by atoms with Crippen molar-refractivity contribution in [3.05, 3.63) is 70.7 Å². The average Bonchev–Trinajstić information content (AvgIpc) is 3.07. The van der Waals surface area contributed by atoms with Crippen LogP contribution >= 0.6 is 11.6 Å². The van der Waals surface area contributed by atoms with Crippen LogP contribution in [0.1, 0.15) is 30.4 Å². The Balaban J connectivity index is 1.31. The molecule has 0 spiro atoms. The second-order valence-corrected chi connectivity index (χ2v) is 9.79. The Morgan fingerprint density at radius 1 is 1.18 bits per heavy atom. The molecule has 1 saturated carbocycles. The molecule has 1 aliphatic heterocycles. The summed E-state index contributed by atoms with van der Waals surface area (Å²) in [4.78, 5) is 0. The number of rotatable bonds is 7. The van der Waals surface area contributed by atoms with Crippen LogP contribution in [0.15, 0.2) is 54.6 Å². The van der Waals surface area contributed by atoms with Crippen LogP contribution in [0.4, 0.5) is 0 Å². The van der Waals surface area contributed by atoms with E-state index in [-0.39, 0.29) is 18.1 Å². The number of nitrogens with zero attached hydrogens (tertiary/aromatic N) is 1. The minimum Gasteiger partial charge on any atom is -0.372 e. The molecule has 2 aliphatic rings. The minimum absolute atomic E-state index is 0.0428. The normalized spacial score (nSPS) is 27.8. The van der Waals surface area contributed by atoms with E-state index >= 15 is 0 Å². The molecule has 1 unspecified atom stereocenters. The van der Waals surface area contributed by atoms with Gasteiger partial charge in [0.2, 0.25) is 0 Å². The van der Waals surface area contributed by atoms with E-state index < -0.39 is 10.2 Å². The summed E-state index contributed by atoms with van der Waals surface area (Å²) in [5.74, 6) is 0.545. The highest BCUT2D eigenvalue weighted by Crippen LogP contribution is 2.47. The number of hydrogen-bond donors (Lipinski definition) is 1. The van der Waals surface area contributed by atoms with E-state index in [9.17, 15) is 8.42 Å². The summed E-state index contributed by atoms with van der Waals surface area (Å²) in [6.45, 7) is 3.38. The molecule has 0 radical (unpaired) electrons. The van der Waals surface area contributed by atoms with Gasteiger partial charge in [0.15, 0.2) is 0 Å². The first-order valence-corrected chi connectivity index (χ1v) is 11.4. The molecular weight excluding hydrogens is 396 g/mol. The lowest BCUT2D eigenvalue weighted by Crippen LogP contribution is -2.41. The average molecular weight is 421 g/mol. The number of ether oxygens (including phenoxy) is 1. The molecule has 4 rings (SSSR count). The molecular formula is C21H25ClN2O3S. The highest BCUT2D eigenvalue weighted by atomic mass is 35.5. The van der Waals surface area contributed by atoms with Crippen LogP contribution in [-0.2, 0) is 21.6 Å². The molecule has 1 heterocycles. The highest BCUT2D eigenvalue weighted by molar-refractivity contribution is 7.87. The maximum Gasteiger partial charge on any atom is 0.279 e. The third-order valence-corrected chi connectivity index (χ3v) is 7.49. The van der Waals surface area contributed by atoms with E-state index in [2.05, 4.69) is 23.8 Å². The molecule has 2 aromatic rings. The molecule has 28 heavy (non-hydrogen) atoms. The molecule has 1 N–H and O–H groups in total. The van der Waals surface area contributed by atoms with Crippen LogP contribution in [-0.4, -0.2) is 38.0 Å². The molecule has 0 amide bonds. The van der Waals surface area contributed by atoms with Gasteiger partial charge in [-0.05, 0) is 35.6 Å². The largest absolute Gasteiger partial charge is 0.372 e. The van der Waals surface area contributed by atoms with Gasteiger partial charge < -0.3 is 4.74 Å². The van der Waals surface area contributed by atoms with Crippen LogP contribution in [0, 0.1) is 5.92 Å². The van der Waals surface area contributed by atoms with Gasteiger partial charge in [-0.1, -0.05) is 61.0 Å². The molecule has 1 saturated heterocycles. The van der Waals surface area contributed by atoms with Crippen molar-refractivity contribution in [3.8, 4) is 0 Å². The van der Waals surface area contributed by atoms with Crippen molar-refractivity contribution in [2.24, 2.45) is 5.92 Å². The van der Waals surface area contributed by atoms with Crippen molar-refractivity contribution in [3.63, 3.8) is 0 Å². The van der Waals surface area contributed by atoms with Crippen molar-refractivity contribution in [2.75, 3.05) is 13.1 Å². The van der Waals surface area contributed by atoms with Crippen molar-refractivity contribution in [1.82, 2.24) is 9.03 Å². The van der Waals surface area contributed by atoms with Crippen LogP contribution in [0.25, 0.3) is 0 Å². The summed E-state index contributed by atoms with van der Waals surface area (Å²) in [7, 11) is -3.51. The Hall–Kier alpha value is -1.44. The third-order valence-electron chi connectivity index (χ3n) is 5.67. The standard InChI is InChI=1S/C21H25ClN2O3S/c1-15-20(17-7-3-2-4-8-17)21(15)23-28(25,26)24-11-10-19(13-24)27-14-16-6-5-9-18(22)12-16/h2-9,12,15,19-21,23H,10-11,13-14H2,1H3/t15-,19?,20-,21+/m1/s1. The van der Waals surface area contributed by atoms with Gasteiger partial charge in [0.05, 0.1) is 12.7 Å². The monoisotopic (exact) mass is 420 g/mol. The SMILES string of the molecule is C[C@H]1[C@H](NS(=O)(=O)N2CCC(OCc3cccc(Cl)c3)C2)[C@H]1c1ccccc1. The zero-order valence-electron chi connectivity index (χ0n) is 15.8. The van der Waals surface area contributed by atoms with Gasteiger partial charge in [0.25, 0.3) is 10.2 Å². The second kappa shape index (κ2) is 8.13. The molecule has 7 heteroatoms. The Labute approximate surface area is 171 Å². The number of hydrogen-bond acceptors (Lipinski definition) is 3. The topological polar surface area (TPSA) is 58.6 Å². The fourth-order valence-electron chi connectivity index (χ4n) is 3.97. The molecule has 150 valence electrons. The Morgan fingerprint density at radius 2 is 1.96 bits per heavy atom. The van der Waals surface area contributed by atoms with Gasteiger partial charge in [-0.25, -0.2) is 0 Å². The van der Waals surface area contributed by atoms with Gasteiger partial charge in [-0.2, -0.15) is 17.4 Å². The number of nitrogens with one attached hydrogen (secondary N) is 1. The van der Waals surface area contributed by atoms with Crippen LogP contribution in [0.2, 0.25) is 5.02 Å². The zero-order chi connectivity index (χ0) is 19.7. The maximum atomic E-state index is 12.8. The summed E-state index contributed by atoms with van der Waals surface area (Å²) >= 11 is 5.99. The fraction of sp³-hybridized carbons (Fsp3) is 0.429. The van der Waals surface area contributed by atoms with E-state index in [1.165, 1.54) is 9.87 Å². The summed E-state index contributed by atoms with van der Waals surface area (Å²) in [6.07, 6.45) is 0.598. The first-order chi connectivity index (χ1) is 13.4. The Kier molecular flexibility index (Phi) is 5.76. The van der Waals surface area contributed by atoms with Gasteiger partial charge >= 0.3 is 0 Å². The van der Waals surface area contributed by atoms with E-state index in [0.717, 1.165) is 5.56 Å². The fourth-order valence-corrected chi connectivity index (χ4v) is 5.74. The molecule has 1 aliphatic carbocycles. The van der Waals surface area contributed by atoms with Crippen molar-refractivity contribution in [2.45, 2.75) is 38.0 Å². The van der Waals surface area contributed by atoms with Crippen LogP contribution < -0.4 is 4.72 Å². The quantitative estimate of drug-likeness (QED) is 0.744. The summed E-state index contributed by atoms with van der Waals surface area (Å²) < 4.78 is 35.9. The lowest BCUT2D eigenvalue weighted by molar-refractivity contribution is 0.0508. The summed E-state index contributed by atoms with van der Waals surface area (Å²) in [5.41, 5.74) is 2.18. The zero-order valence-corrected chi connectivity index (χ0v) is 17.4. The molecule has 2 aromatic carbocycles. The van der Waals surface area contributed by atoms with Gasteiger partial charge in [-0.3, -0.25) is 0 Å². The van der Waals surface area contributed by atoms with Crippen molar-refractivity contribution < 1.29 is 13.2 Å². The van der Waals surface area contributed by atoms with Crippen molar-refractivity contribution >= 4 is 21.8 Å². The van der Waals surface area contributed by atoms with E-state index in [1.807, 2.05) is 42.5 Å². The van der Waals surface area contributed by atoms with E-state index in [4.69, 9.17) is 16.3 Å². The van der Waals surface area contributed by atoms with Crippen LogP contribution in [0.3, 0.4) is 0 Å². The Bertz CT molecular complexity index is 922. The maximum absolute atomic E-state index is 12.8. The van der Waals surface area contributed by atoms with Gasteiger partial charge in [0, 0.05) is 30.1 Å². The molecule has 5 nitrogen and oxygen atoms in total. The molecule has 0 aromatic heterocycles. The van der Waals surface area contributed by atoms with Gasteiger partial charge in [-0.15, -0.1) is 0 Å². The third kappa shape index (κ3) is 4.42. The number of benzene rings is 2. The number of halogens is 1. The minimum atomic E-state index is -3.51. The smallest absolute Gasteiger partial charge is 0.279 e. The lowest BCUT2D eigenvalue weighted by Gasteiger charge is -2.17.